The molecule has 2 aliphatic rings. The van der Waals surface area contributed by atoms with Crippen molar-refractivity contribution in [3.8, 4) is 33.4 Å². The van der Waals surface area contributed by atoms with Gasteiger partial charge in [-0.3, -0.25) is 0 Å². The molecule has 0 saturated heterocycles. The third kappa shape index (κ3) is 5.08. The molecule has 0 spiro atoms. The van der Waals surface area contributed by atoms with Crippen LogP contribution in [-0.4, -0.2) is 0 Å². The minimum absolute atomic E-state index is 0.182. The Morgan fingerprint density at radius 1 is 0.375 bits per heavy atom. The van der Waals surface area contributed by atoms with Gasteiger partial charge in [0.25, 0.3) is 0 Å². The van der Waals surface area contributed by atoms with Gasteiger partial charge in [-0.05, 0) is 109 Å². The summed E-state index contributed by atoms with van der Waals surface area (Å²) in [5.41, 5.74) is 19.5. The Morgan fingerprint density at radius 3 is 1.70 bits per heavy atom. The maximum atomic E-state index is 6.69. The van der Waals surface area contributed by atoms with Crippen LogP contribution in [-0.2, 0) is 10.8 Å². The summed E-state index contributed by atoms with van der Waals surface area (Å²) in [5.74, 6) is 0. The molecule has 0 amide bonds. The molecular weight excluding hydrogens is 775 g/mol. The lowest BCUT2D eigenvalue weighted by atomic mass is 9.68. The highest BCUT2D eigenvalue weighted by Gasteiger charge is 2.47. The summed E-state index contributed by atoms with van der Waals surface area (Å²) < 4.78 is 6.69. The standard InChI is InChI=1S/C62H43NO/c1-61(2)51-29-14-11-25-45(51)46-36-35-44(39-54(46)61)63(55-32-16-13-26-47(55)48-28-17-34-57-59(48)50-37-40-19-9-10-20-41(40)38-58(50)64-57)56-33-18-31-53-60(56)49-27-12-15-30-52(49)62(53,42-21-5-3-6-22-42)43-23-7-4-8-24-43/h3-39H,1-2H3. The zero-order valence-corrected chi connectivity index (χ0v) is 35.7. The first-order chi connectivity index (χ1) is 31.5. The van der Waals surface area contributed by atoms with Gasteiger partial charge >= 0.3 is 0 Å². The van der Waals surface area contributed by atoms with Crippen LogP contribution in [0.3, 0.4) is 0 Å². The summed E-state index contributed by atoms with van der Waals surface area (Å²) in [6, 6.07) is 82.9. The van der Waals surface area contributed by atoms with Crippen LogP contribution in [0.4, 0.5) is 17.1 Å². The van der Waals surface area contributed by atoms with Crippen molar-refractivity contribution in [1.29, 1.82) is 0 Å². The van der Waals surface area contributed by atoms with Gasteiger partial charge in [-0.15, -0.1) is 0 Å². The molecule has 0 radical (unpaired) electrons. The molecule has 10 aromatic carbocycles. The summed E-state index contributed by atoms with van der Waals surface area (Å²) in [5, 5.41) is 4.61. The van der Waals surface area contributed by atoms with Gasteiger partial charge in [-0.2, -0.15) is 0 Å². The molecule has 0 saturated carbocycles. The molecule has 0 bridgehead atoms. The van der Waals surface area contributed by atoms with Crippen LogP contribution in [0, 0.1) is 0 Å². The van der Waals surface area contributed by atoms with E-state index in [9.17, 15) is 0 Å². The Kier molecular flexibility index (Phi) is 7.90. The van der Waals surface area contributed by atoms with E-state index in [4.69, 9.17) is 4.42 Å². The molecule has 302 valence electrons. The van der Waals surface area contributed by atoms with E-state index in [1.54, 1.807) is 0 Å². The molecule has 1 heterocycles. The lowest BCUT2D eigenvalue weighted by molar-refractivity contribution is 0.660. The minimum atomic E-state index is -0.540. The monoisotopic (exact) mass is 817 g/mol. The van der Waals surface area contributed by atoms with Gasteiger partial charge in [-0.1, -0.05) is 196 Å². The number of nitrogens with zero attached hydrogens (tertiary/aromatic N) is 1. The molecule has 13 rings (SSSR count). The summed E-state index contributed by atoms with van der Waals surface area (Å²) in [4.78, 5) is 2.55. The van der Waals surface area contributed by atoms with E-state index < -0.39 is 5.41 Å². The van der Waals surface area contributed by atoms with Crippen molar-refractivity contribution < 1.29 is 4.42 Å². The average molecular weight is 818 g/mol. The lowest BCUT2D eigenvalue weighted by Crippen LogP contribution is -2.28. The fraction of sp³-hybridized carbons (Fsp3) is 0.0645. The number of hydrogen-bond acceptors (Lipinski definition) is 2. The van der Waals surface area contributed by atoms with E-state index in [2.05, 4.69) is 243 Å². The molecule has 11 aromatic rings. The molecule has 1 aromatic heterocycles. The quantitative estimate of drug-likeness (QED) is 0.166. The fourth-order valence-electron chi connectivity index (χ4n) is 11.5. The molecule has 2 aliphatic carbocycles. The number of fused-ring (bicyclic) bond motifs is 10. The van der Waals surface area contributed by atoms with E-state index in [0.717, 1.165) is 50.1 Å². The summed E-state index contributed by atoms with van der Waals surface area (Å²) in [6.45, 7) is 4.75. The normalized spacial score (nSPS) is 14.0. The Hall–Kier alpha value is -7.94. The predicted octanol–water partition coefficient (Wildman–Crippen LogP) is 16.5. The molecule has 0 aliphatic heterocycles. The molecule has 2 heteroatoms. The largest absolute Gasteiger partial charge is 0.456 e. The summed E-state index contributed by atoms with van der Waals surface area (Å²) >= 11 is 0. The van der Waals surface area contributed by atoms with Crippen molar-refractivity contribution in [2.45, 2.75) is 24.7 Å². The van der Waals surface area contributed by atoms with E-state index in [1.165, 1.54) is 66.4 Å². The second kappa shape index (κ2) is 13.8. The van der Waals surface area contributed by atoms with Crippen LogP contribution < -0.4 is 4.90 Å². The molecule has 2 nitrogen and oxygen atoms in total. The van der Waals surface area contributed by atoms with Crippen molar-refractivity contribution in [2.75, 3.05) is 4.90 Å². The van der Waals surface area contributed by atoms with Gasteiger partial charge < -0.3 is 9.32 Å². The van der Waals surface area contributed by atoms with Crippen molar-refractivity contribution in [3.63, 3.8) is 0 Å². The van der Waals surface area contributed by atoms with Crippen LogP contribution in [0.25, 0.3) is 66.1 Å². The van der Waals surface area contributed by atoms with Gasteiger partial charge in [0.1, 0.15) is 11.2 Å². The third-order valence-electron chi connectivity index (χ3n) is 14.3. The molecule has 0 atom stereocenters. The SMILES string of the molecule is CC1(C)c2ccccc2-c2ccc(N(c3ccccc3-c3cccc4oc5cc6ccccc6cc5c34)c3cccc4c3-c3ccccc3C4(c3ccccc3)c3ccccc3)cc21. The van der Waals surface area contributed by atoms with Crippen LogP contribution >= 0.6 is 0 Å². The second-order valence-electron chi connectivity index (χ2n) is 18.0. The van der Waals surface area contributed by atoms with Gasteiger partial charge in [0, 0.05) is 33.0 Å². The highest BCUT2D eigenvalue weighted by molar-refractivity contribution is 6.17. The van der Waals surface area contributed by atoms with E-state index >= 15 is 0 Å². The van der Waals surface area contributed by atoms with Crippen LogP contribution in [0.5, 0.6) is 0 Å². The first kappa shape index (κ1) is 36.7. The van der Waals surface area contributed by atoms with Gasteiger partial charge in [0.15, 0.2) is 0 Å². The highest BCUT2D eigenvalue weighted by atomic mass is 16.3. The van der Waals surface area contributed by atoms with Crippen molar-refractivity contribution in [3.05, 3.63) is 258 Å². The van der Waals surface area contributed by atoms with E-state index in [0.29, 0.717) is 0 Å². The van der Waals surface area contributed by atoms with Gasteiger partial charge in [0.05, 0.1) is 16.8 Å². The zero-order chi connectivity index (χ0) is 42.6. The van der Waals surface area contributed by atoms with Crippen molar-refractivity contribution >= 4 is 49.8 Å². The Bertz CT molecular complexity index is 3610. The van der Waals surface area contributed by atoms with Gasteiger partial charge in [-0.25, -0.2) is 0 Å². The number of benzene rings is 10. The first-order valence-corrected chi connectivity index (χ1v) is 22.3. The third-order valence-corrected chi connectivity index (χ3v) is 14.3. The van der Waals surface area contributed by atoms with Crippen LogP contribution in [0.15, 0.2) is 229 Å². The molecule has 64 heavy (non-hydrogen) atoms. The van der Waals surface area contributed by atoms with Crippen LogP contribution in [0.2, 0.25) is 0 Å². The number of para-hydroxylation sites is 1. The first-order valence-electron chi connectivity index (χ1n) is 22.3. The maximum absolute atomic E-state index is 6.69. The minimum Gasteiger partial charge on any atom is -0.456 e. The van der Waals surface area contributed by atoms with Crippen LogP contribution in [0.1, 0.15) is 47.2 Å². The van der Waals surface area contributed by atoms with Crippen molar-refractivity contribution in [2.24, 2.45) is 0 Å². The maximum Gasteiger partial charge on any atom is 0.136 e. The molecule has 0 N–H and O–H groups in total. The summed E-state index contributed by atoms with van der Waals surface area (Å²) in [6.07, 6.45) is 0. The number of furan rings is 1. The number of anilines is 3. The topological polar surface area (TPSA) is 16.4 Å². The smallest absolute Gasteiger partial charge is 0.136 e. The predicted molar refractivity (Wildman–Crippen MR) is 266 cm³/mol. The average Bonchev–Trinajstić information content (AvgIpc) is 3.95. The molecule has 0 fully saturated rings. The molecule has 0 unspecified atom stereocenters. The number of hydrogen-bond donors (Lipinski definition) is 0. The van der Waals surface area contributed by atoms with Gasteiger partial charge in [0.2, 0.25) is 0 Å². The number of rotatable bonds is 6. The van der Waals surface area contributed by atoms with Crippen molar-refractivity contribution in [1.82, 2.24) is 0 Å². The molecular formula is C62H43NO. The lowest BCUT2D eigenvalue weighted by Gasteiger charge is -2.35. The van der Waals surface area contributed by atoms with E-state index in [1.807, 2.05) is 0 Å². The Balaban J connectivity index is 1.12. The zero-order valence-electron chi connectivity index (χ0n) is 35.7. The Labute approximate surface area is 373 Å². The Morgan fingerprint density at radius 2 is 0.938 bits per heavy atom. The summed E-state index contributed by atoms with van der Waals surface area (Å²) in [7, 11) is 0. The van der Waals surface area contributed by atoms with E-state index in [-0.39, 0.29) is 5.41 Å². The highest BCUT2D eigenvalue weighted by Crippen LogP contribution is 2.60. The second-order valence-corrected chi connectivity index (χ2v) is 18.0. The fourth-order valence-corrected chi connectivity index (χ4v) is 11.5.